The minimum atomic E-state index is -0.213. The summed E-state index contributed by atoms with van der Waals surface area (Å²) >= 11 is 0. The van der Waals surface area contributed by atoms with Crippen molar-refractivity contribution < 1.29 is 9.13 Å². The minimum absolute atomic E-state index is 0.213. The van der Waals surface area contributed by atoms with Crippen molar-refractivity contribution in [2.75, 3.05) is 58.9 Å². The van der Waals surface area contributed by atoms with Gasteiger partial charge in [0.25, 0.3) is 0 Å². The van der Waals surface area contributed by atoms with Crippen molar-refractivity contribution in [3.63, 3.8) is 0 Å². The van der Waals surface area contributed by atoms with Gasteiger partial charge in [-0.25, -0.2) is 4.39 Å². The van der Waals surface area contributed by atoms with Crippen LogP contribution >= 0.6 is 0 Å². The highest BCUT2D eigenvalue weighted by atomic mass is 19.1. The lowest BCUT2D eigenvalue weighted by Gasteiger charge is -2.37. The van der Waals surface area contributed by atoms with E-state index in [1.165, 1.54) is 0 Å². The van der Waals surface area contributed by atoms with Gasteiger partial charge in [0.2, 0.25) is 0 Å². The first-order valence-electron chi connectivity index (χ1n) is 9.64. The number of nitrogens with zero attached hydrogens (tertiary/aromatic N) is 3. The topological polar surface area (TPSA) is 52.1 Å². The Hall–Kier alpha value is -1.86. The van der Waals surface area contributed by atoms with E-state index in [4.69, 9.17) is 4.74 Å². The standard InChI is InChI=1S/C20H34FN5O/c1-15(2)19(26-8-10-27-11-9-26)14-24-20(22-3)23-13-16-6-7-18(25(4)5)17(21)12-16/h6-7,12,15,19H,8-11,13-14H2,1-5H3,(H2,22,23,24). The molecule has 0 spiro atoms. The van der Waals surface area contributed by atoms with Gasteiger partial charge in [0, 0.05) is 53.4 Å². The molecule has 1 aromatic rings. The van der Waals surface area contributed by atoms with Gasteiger partial charge in [-0.05, 0) is 23.6 Å². The number of anilines is 1. The molecule has 0 amide bonds. The molecule has 1 fully saturated rings. The minimum Gasteiger partial charge on any atom is -0.379 e. The van der Waals surface area contributed by atoms with Crippen LogP contribution in [0.2, 0.25) is 0 Å². The number of guanidine groups is 1. The molecule has 0 bridgehead atoms. The predicted octanol–water partition coefficient (Wildman–Crippen LogP) is 1.91. The average molecular weight is 380 g/mol. The zero-order chi connectivity index (χ0) is 19.8. The molecule has 1 heterocycles. The zero-order valence-corrected chi connectivity index (χ0v) is 17.3. The SMILES string of the molecule is CN=C(NCc1ccc(N(C)C)c(F)c1)NCC(C(C)C)N1CCOCC1. The number of nitrogens with one attached hydrogen (secondary N) is 2. The van der Waals surface area contributed by atoms with Crippen LogP contribution in [0, 0.1) is 11.7 Å². The largest absolute Gasteiger partial charge is 0.379 e. The predicted molar refractivity (Wildman–Crippen MR) is 110 cm³/mol. The second kappa shape index (κ2) is 10.5. The van der Waals surface area contributed by atoms with Gasteiger partial charge in [0.05, 0.1) is 18.9 Å². The van der Waals surface area contributed by atoms with E-state index < -0.39 is 0 Å². The van der Waals surface area contributed by atoms with Crippen molar-refractivity contribution in [1.82, 2.24) is 15.5 Å². The Labute approximate surface area is 162 Å². The first-order valence-corrected chi connectivity index (χ1v) is 9.64. The van der Waals surface area contributed by atoms with E-state index in [2.05, 4.69) is 34.4 Å². The normalized spacial score (nSPS) is 17.1. The summed E-state index contributed by atoms with van der Waals surface area (Å²) in [5.74, 6) is 1.04. The summed E-state index contributed by atoms with van der Waals surface area (Å²) in [5, 5.41) is 6.69. The molecule has 7 heteroatoms. The van der Waals surface area contributed by atoms with Crippen LogP contribution in [0.3, 0.4) is 0 Å². The molecule has 1 saturated heterocycles. The molecule has 1 aliphatic rings. The number of benzene rings is 1. The lowest BCUT2D eigenvalue weighted by Crippen LogP contribution is -2.52. The highest BCUT2D eigenvalue weighted by molar-refractivity contribution is 5.79. The summed E-state index contributed by atoms with van der Waals surface area (Å²) in [6, 6.07) is 5.73. The maximum absolute atomic E-state index is 14.1. The van der Waals surface area contributed by atoms with Gasteiger partial charge < -0.3 is 20.3 Å². The average Bonchev–Trinajstić information content (AvgIpc) is 2.64. The third-order valence-electron chi connectivity index (χ3n) is 4.94. The number of rotatable bonds is 7. The fraction of sp³-hybridized carbons (Fsp3) is 0.650. The van der Waals surface area contributed by atoms with Crippen LogP contribution in [0.25, 0.3) is 0 Å². The summed E-state index contributed by atoms with van der Waals surface area (Å²) in [4.78, 5) is 8.54. The van der Waals surface area contributed by atoms with Crippen molar-refractivity contribution in [3.05, 3.63) is 29.6 Å². The molecule has 6 nitrogen and oxygen atoms in total. The lowest BCUT2D eigenvalue weighted by molar-refractivity contribution is 0.00752. The molecule has 152 valence electrons. The summed E-state index contributed by atoms with van der Waals surface area (Å²) in [7, 11) is 5.42. The summed E-state index contributed by atoms with van der Waals surface area (Å²) < 4.78 is 19.6. The van der Waals surface area contributed by atoms with Gasteiger partial charge >= 0.3 is 0 Å². The highest BCUT2D eigenvalue weighted by Gasteiger charge is 2.23. The third kappa shape index (κ3) is 6.36. The molecule has 1 atom stereocenters. The number of ether oxygens (including phenoxy) is 1. The second-order valence-electron chi connectivity index (χ2n) is 7.45. The van der Waals surface area contributed by atoms with E-state index >= 15 is 0 Å². The monoisotopic (exact) mass is 379 g/mol. The van der Waals surface area contributed by atoms with Gasteiger partial charge in [-0.2, -0.15) is 0 Å². The fourth-order valence-corrected chi connectivity index (χ4v) is 3.33. The number of aliphatic imine (C=N–C) groups is 1. The van der Waals surface area contributed by atoms with Crippen molar-refractivity contribution in [1.29, 1.82) is 0 Å². The molecule has 0 aliphatic carbocycles. The Morgan fingerprint density at radius 3 is 2.52 bits per heavy atom. The van der Waals surface area contributed by atoms with Crippen LogP contribution < -0.4 is 15.5 Å². The molecule has 0 saturated carbocycles. The maximum atomic E-state index is 14.1. The first kappa shape index (κ1) is 21.4. The van der Waals surface area contributed by atoms with E-state index in [0.717, 1.165) is 44.4 Å². The van der Waals surface area contributed by atoms with Gasteiger partial charge in [-0.1, -0.05) is 19.9 Å². The molecular weight excluding hydrogens is 345 g/mol. The molecule has 0 aromatic heterocycles. The molecule has 27 heavy (non-hydrogen) atoms. The Morgan fingerprint density at radius 2 is 1.96 bits per heavy atom. The lowest BCUT2D eigenvalue weighted by atomic mass is 10.0. The van der Waals surface area contributed by atoms with E-state index in [-0.39, 0.29) is 5.82 Å². The van der Waals surface area contributed by atoms with Crippen molar-refractivity contribution in [2.24, 2.45) is 10.9 Å². The highest BCUT2D eigenvalue weighted by Crippen LogP contribution is 2.18. The molecular formula is C20H34FN5O. The van der Waals surface area contributed by atoms with E-state index in [0.29, 0.717) is 24.2 Å². The Morgan fingerprint density at radius 1 is 1.26 bits per heavy atom. The van der Waals surface area contributed by atoms with E-state index in [9.17, 15) is 4.39 Å². The van der Waals surface area contributed by atoms with E-state index in [1.807, 2.05) is 20.2 Å². The van der Waals surface area contributed by atoms with Crippen molar-refractivity contribution >= 4 is 11.6 Å². The van der Waals surface area contributed by atoms with Crippen LogP contribution in [0.15, 0.2) is 23.2 Å². The Kier molecular flexibility index (Phi) is 8.31. The zero-order valence-electron chi connectivity index (χ0n) is 17.3. The molecule has 2 N–H and O–H groups in total. The summed E-state index contributed by atoms with van der Waals surface area (Å²) in [6.07, 6.45) is 0. The van der Waals surface area contributed by atoms with E-state index in [1.54, 1.807) is 24.1 Å². The summed E-state index contributed by atoms with van der Waals surface area (Å²) in [6.45, 7) is 9.34. The van der Waals surface area contributed by atoms with Crippen LogP contribution in [-0.4, -0.2) is 70.9 Å². The van der Waals surface area contributed by atoms with Crippen molar-refractivity contribution in [3.8, 4) is 0 Å². The molecule has 0 radical (unpaired) electrons. The van der Waals surface area contributed by atoms with Gasteiger partial charge in [0.1, 0.15) is 5.82 Å². The fourth-order valence-electron chi connectivity index (χ4n) is 3.33. The quantitative estimate of drug-likeness (QED) is 0.560. The second-order valence-corrected chi connectivity index (χ2v) is 7.45. The molecule has 2 rings (SSSR count). The smallest absolute Gasteiger partial charge is 0.191 e. The Bertz CT molecular complexity index is 614. The molecule has 1 aromatic carbocycles. The maximum Gasteiger partial charge on any atom is 0.191 e. The number of halogens is 1. The number of hydrogen-bond donors (Lipinski definition) is 2. The van der Waals surface area contributed by atoms with Crippen LogP contribution in [0.1, 0.15) is 19.4 Å². The van der Waals surface area contributed by atoms with Gasteiger partial charge in [-0.15, -0.1) is 0 Å². The molecule has 1 unspecified atom stereocenters. The number of morpholine rings is 1. The van der Waals surface area contributed by atoms with Crippen molar-refractivity contribution in [2.45, 2.75) is 26.4 Å². The molecule has 1 aliphatic heterocycles. The van der Waals surface area contributed by atoms with Crippen LogP contribution in [0.5, 0.6) is 0 Å². The van der Waals surface area contributed by atoms with Crippen LogP contribution in [0.4, 0.5) is 10.1 Å². The van der Waals surface area contributed by atoms with Crippen LogP contribution in [-0.2, 0) is 11.3 Å². The summed E-state index contributed by atoms with van der Waals surface area (Å²) in [5.41, 5.74) is 1.47. The van der Waals surface area contributed by atoms with Gasteiger partial charge in [0.15, 0.2) is 5.96 Å². The Balaban J connectivity index is 1.88. The first-order chi connectivity index (χ1) is 12.9. The number of hydrogen-bond acceptors (Lipinski definition) is 4. The third-order valence-corrected chi connectivity index (χ3v) is 4.94. The van der Waals surface area contributed by atoms with Gasteiger partial charge in [-0.3, -0.25) is 9.89 Å².